The summed E-state index contributed by atoms with van der Waals surface area (Å²) in [5.41, 5.74) is 0. The summed E-state index contributed by atoms with van der Waals surface area (Å²) in [6.07, 6.45) is 0.461. The first-order valence-electron chi connectivity index (χ1n) is 5.73. The first-order chi connectivity index (χ1) is 8.97. The van der Waals surface area contributed by atoms with E-state index in [1.165, 1.54) is 18.7 Å². The van der Waals surface area contributed by atoms with Crippen LogP contribution in [-0.4, -0.2) is 28.3 Å². The van der Waals surface area contributed by atoms with Crippen LogP contribution in [0.3, 0.4) is 0 Å². The largest absolute Gasteiger partial charge is 0.296 e. The Bertz CT molecular complexity index is 526. The Labute approximate surface area is 129 Å². The SMILES string of the molecule is CC(=O)SCC1CC(=O)N(c2ccc(Cl)c(Br)n2)C1. The van der Waals surface area contributed by atoms with Gasteiger partial charge in [0.25, 0.3) is 0 Å². The molecule has 0 N–H and O–H groups in total. The van der Waals surface area contributed by atoms with Crippen LogP contribution in [0.2, 0.25) is 5.02 Å². The summed E-state index contributed by atoms with van der Waals surface area (Å²) in [6.45, 7) is 2.14. The van der Waals surface area contributed by atoms with E-state index >= 15 is 0 Å². The van der Waals surface area contributed by atoms with Crippen LogP contribution in [0.5, 0.6) is 0 Å². The summed E-state index contributed by atoms with van der Waals surface area (Å²) in [5.74, 6) is 1.50. The number of amides is 1. The van der Waals surface area contributed by atoms with Crippen molar-refractivity contribution in [2.45, 2.75) is 13.3 Å². The number of carbonyl (C=O) groups excluding carboxylic acids is 2. The molecule has 0 aromatic carbocycles. The van der Waals surface area contributed by atoms with Crippen molar-refractivity contribution in [3.63, 3.8) is 0 Å². The number of thioether (sulfide) groups is 1. The number of hydrogen-bond acceptors (Lipinski definition) is 4. The Morgan fingerprint density at radius 2 is 2.37 bits per heavy atom. The van der Waals surface area contributed by atoms with Crippen molar-refractivity contribution in [1.29, 1.82) is 0 Å². The van der Waals surface area contributed by atoms with Gasteiger partial charge in [0, 0.05) is 25.6 Å². The van der Waals surface area contributed by atoms with Crippen LogP contribution in [0.15, 0.2) is 16.7 Å². The molecular weight excluding hydrogens is 352 g/mol. The van der Waals surface area contributed by atoms with Crippen molar-refractivity contribution in [1.82, 2.24) is 4.98 Å². The van der Waals surface area contributed by atoms with Crippen molar-refractivity contribution in [3.05, 3.63) is 21.8 Å². The molecule has 0 spiro atoms. The van der Waals surface area contributed by atoms with E-state index in [1.807, 2.05) is 0 Å². The minimum atomic E-state index is 0.0378. The number of rotatable bonds is 3. The number of anilines is 1. The van der Waals surface area contributed by atoms with E-state index in [9.17, 15) is 9.59 Å². The van der Waals surface area contributed by atoms with E-state index in [0.717, 1.165) is 0 Å². The minimum Gasteiger partial charge on any atom is -0.296 e. The lowest BCUT2D eigenvalue weighted by Gasteiger charge is -2.15. The minimum absolute atomic E-state index is 0.0378. The Kier molecular flexibility index (Phi) is 4.86. The number of halogens is 2. The molecule has 0 aliphatic carbocycles. The van der Waals surface area contributed by atoms with Crippen molar-refractivity contribution >= 4 is 56.1 Å². The van der Waals surface area contributed by atoms with Crippen LogP contribution in [0.1, 0.15) is 13.3 Å². The van der Waals surface area contributed by atoms with Crippen molar-refractivity contribution in [2.75, 3.05) is 17.2 Å². The molecule has 4 nitrogen and oxygen atoms in total. The fourth-order valence-corrected chi connectivity index (χ4v) is 3.02. The molecule has 1 aromatic heterocycles. The highest BCUT2D eigenvalue weighted by Crippen LogP contribution is 2.29. The number of hydrogen-bond donors (Lipinski definition) is 0. The number of aromatic nitrogens is 1. The summed E-state index contributed by atoms with van der Waals surface area (Å²) in [7, 11) is 0. The maximum Gasteiger partial charge on any atom is 0.228 e. The van der Waals surface area contributed by atoms with E-state index < -0.39 is 0 Å². The molecule has 19 heavy (non-hydrogen) atoms. The van der Waals surface area contributed by atoms with Crippen LogP contribution in [0.4, 0.5) is 5.82 Å². The molecule has 102 valence electrons. The molecule has 7 heteroatoms. The lowest BCUT2D eigenvalue weighted by Crippen LogP contribution is -2.25. The summed E-state index contributed by atoms with van der Waals surface area (Å²) < 4.78 is 0.529. The molecule has 1 unspecified atom stereocenters. The summed E-state index contributed by atoms with van der Waals surface area (Å²) in [6, 6.07) is 3.43. The van der Waals surface area contributed by atoms with E-state index in [2.05, 4.69) is 20.9 Å². The van der Waals surface area contributed by atoms with Gasteiger partial charge in [-0.1, -0.05) is 23.4 Å². The van der Waals surface area contributed by atoms with E-state index in [0.29, 0.717) is 34.2 Å². The molecule has 1 aliphatic rings. The molecule has 1 amide bonds. The van der Waals surface area contributed by atoms with Crippen LogP contribution < -0.4 is 4.90 Å². The van der Waals surface area contributed by atoms with Crippen molar-refractivity contribution in [3.8, 4) is 0 Å². The van der Waals surface area contributed by atoms with Gasteiger partial charge in [0.05, 0.1) is 5.02 Å². The number of carbonyl (C=O) groups is 2. The summed E-state index contributed by atoms with van der Waals surface area (Å²) >= 11 is 10.4. The third-order valence-corrected chi connectivity index (χ3v) is 4.97. The van der Waals surface area contributed by atoms with Gasteiger partial charge in [-0.3, -0.25) is 14.5 Å². The fraction of sp³-hybridized carbons (Fsp3) is 0.417. The lowest BCUT2D eigenvalue weighted by atomic mass is 10.1. The van der Waals surface area contributed by atoms with Crippen LogP contribution in [0, 0.1) is 5.92 Å². The van der Waals surface area contributed by atoms with E-state index in [4.69, 9.17) is 11.6 Å². The third-order valence-electron chi connectivity index (χ3n) is 2.79. The summed E-state index contributed by atoms with van der Waals surface area (Å²) in [5, 5.41) is 0.595. The number of nitrogens with zero attached hydrogens (tertiary/aromatic N) is 2. The van der Waals surface area contributed by atoms with E-state index in [1.54, 1.807) is 17.0 Å². The molecule has 1 aromatic rings. The Balaban J connectivity index is 2.07. The molecule has 0 bridgehead atoms. The molecule has 1 saturated heterocycles. The predicted molar refractivity (Wildman–Crippen MR) is 80.5 cm³/mol. The summed E-state index contributed by atoms with van der Waals surface area (Å²) in [4.78, 5) is 28.8. The maximum atomic E-state index is 12.0. The van der Waals surface area contributed by atoms with Gasteiger partial charge in [-0.25, -0.2) is 4.98 Å². The van der Waals surface area contributed by atoms with Crippen LogP contribution >= 0.6 is 39.3 Å². The van der Waals surface area contributed by atoms with Crippen molar-refractivity contribution in [2.24, 2.45) is 5.92 Å². The average molecular weight is 364 g/mol. The average Bonchev–Trinajstić information content (AvgIpc) is 2.72. The van der Waals surface area contributed by atoms with Crippen molar-refractivity contribution < 1.29 is 9.59 Å². The second-order valence-electron chi connectivity index (χ2n) is 4.32. The molecule has 1 aliphatic heterocycles. The van der Waals surface area contributed by atoms with Gasteiger partial charge in [-0.2, -0.15) is 0 Å². The Hall–Kier alpha value is -0.590. The third kappa shape index (κ3) is 3.70. The van der Waals surface area contributed by atoms with E-state index in [-0.39, 0.29) is 16.9 Å². The quantitative estimate of drug-likeness (QED) is 0.774. The maximum absolute atomic E-state index is 12.0. The lowest BCUT2D eigenvalue weighted by molar-refractivity contribution is -0.117. The molecule has 1 atom stereocenters. The first-order valence-corrected chi connectivity index (χ1v) is 7.89. The molecule has 0 radical (unpaired) electrons. The standard InChI is InChI=1S/C12H12BrClN2O2S/c1-7(17)19-6-8-4-11(18)16(5-8)10-3-2-9(14)12(13)15-10/h2-3,8H,4-6H2,1H3. The molecule has 1 fully saturated rings. The number of pyridine rings is 1. The van der Waals surface area contributed by atoms with Gasteiger partial charge in [0.2, 0.25) is 5.91 Å². The van der Waals surface area contributed by atoms with Crippen LogP contribution in [-0.2, 0) is 9.59 Å². The Morgan fingerprint density at radius 3 is 3.00 bits per heavy atom. The highest BCUT2D eigenvalue weighted by molar-refractivity contribution is 9.10. The monoisotopic (exact) mass is 362 g/mol. The van der Waals surface area contributed by atoms with Crippen LogP contribution in [0.25, 0.3) is 0 Å². The molecular formula is C12H12BrClN2O2S. The highest BCUT2D eigenvalue weighted by Gasteiger charge is 2.31. The highest BCUT2D eigenvalue weighted by atomic mass is 79.9. The van der Waals surface area contributed by atoms with Gasteiger partial charge >= 0.3 is 0 Å². The van der Waals surface area contributed by atoms with Gasteiger partial charge in [-0.15, -0.1) is 0 Å². The predicted octanol–water partition coefficient (Wildman–Crippen LogP) is 3.13. The molecule has 0 saturated carbocycles. The zero-order valence-corrected chi connectivity index (χ0v) is 13.4. The molecule has 2 rings (SSSR count). The second-order valence-corrected chi connectivity index (χ2v) is 6.67. The normalized spacial score (nSPS) is 19.0. The smallest absolute Gasteiger partial charge is 0.228 e. The zero-order valence-electron chi connectivity index (χ0n) is 10.2. The molecule has 2 heterocycles. The Morgan fingerprint density at radius 1 is 1.63 bits per heavy atom. The topological polar surface area (TPSA) is 50.3 Å². The van der Waals surface area contributed by atoms with Gasteiger partial charge in [0.1, 0.15) is 10.4 Å². The second kappa shape index (κ2) is 6.24. The zero-order chi connectivity index (χ0) is 14.0. The van der Waals surface area contributed by atoms with Gasteiger partial charge in [-0.05, 0) is 34.0 Å². The van der Waals surface area contributed by atoms with Gasteiger partial charge in [0.15, 0.2) is 5.12 Å². The fourth-order valence-electron chi connectivity index (χ4n) is 1.91. The first kappa shape index (κ1) is 14.8. The van der Waals surface area contributed by atoms with Gasteiger partial charge < -0.3 is 0 Å².